The van der Waals surface area contributed by atoms with Gasteiger partial charge in [0.15, 0.2) is 11.5 Å². The summed E-state index contributed by atoms with van der Waals surface area (Å²) in [6.07, 6.45) is 6.29. The molecule has 0 unspecified atom stereocenters. The van der Waals surface area contributed by atoms with Crippen molar-refractivity contribution in [2.24, 2.45) is 0 Å². The highest BCUT2D eigenvalue weighted by atomic mass is 127. The van der Waals surface area contributed by atoms with Crippen LogP contribution in [0.1, 0.15) is 51.0 Å². The Morgan fingerprint density at radius 3 is 2.18 bits per heavy atom. The summed E-state index contributed by atoms with van der Waals surface area (Å²) in [6.45, 7) is 2.19. The number of aromatic hydroxyl groups is 1. The second-order valence-electron chi connectivity index (χ2n) is 4.98. The maximum Gasteiger partial charge on any atom is 0.511 e. The molecule has 0 aliphatic carbocycles. The molecule has 4 nitrogen and oxygen atoms in total. The summed E-state index contributed by atoms with van der Waals surface area (Å²) in [5.74, 6) is 0.0177. The minimum atomic E-state index is -1.40. The Morgan fingerprint density at radius 2 is 1.59 bits per heavy atom. The predicted molar refractivity (Wildman–Crippen MR) is 112 cm³/mol. The van der Waals surface area contributed by atoms with Crippen LogP contribution in [0.2, 0.25) is 0 Å². The smallest absolute Gasteiger partial charge is 0.503 e. The molecule has 0 atom stereocenters. The fraction of sp³-hybridized carbons (Fsp3) is 0.533. The number of phenols is 1. The summed E-state index contributed by atoms with van der Waals surface area (Å²) in [5.41, 5.74) is 0.792. The molecule has 2 N–H and O–H groups in total. The molecule has 0 radical (unpaired) electrons. The first-order chi connectivity index (χ1) is 10.4. The van der Waals surface area contributed by atoms with E-state index in [1.54, 1.807) is 0 Å². The fourth-order valence-electron chi connectivity index (χ4n) is 2.18. The van der Waals surface area contributed by atoms with Crippen molar-refractivity contribution in [3.8, 4) is 11.5 Å². The van der Waals surface area contributed by atoms with Crippen LogP contribution >= 0.6 is 67.8 Å². The van der Waals surface area contributed by atoms with Gasteiger partial charge in [-0.2, -0.15) is 0 Å². The Morgan fingerprint density at radius 1 is 1.00 bits per heavy atom. The first-order valence-corrected chi connectivity index (χ1v) is 10.4. The number of phenolic OH excluding ortho intramolecular Hbond substituents is 1. The van der Waals surface area contributed by atoms with Crippen LogP contribution in [0.5, 0.6) is 11.5 Å². The molecule has 0 spiro atoms. The van der Waals surface area contributed by atoms with Crippen LogP contribution in [-0.2, 0) is 6.42 Å². The average Bonchev–Trinajstić information content (AvgIpc) is 2.48. The predicted octanol–water partition coefficient (Wildman–Crippen LogP) is 6.17. The molecular formula is C15H19I3O4. The Kier molecular flexibility index (Phi) is 9.67. The van der Waals surface area contributed by atoms with E-state index in [1.807, 2.05) is 22.6 Å². The molecule has 7 heteroatoms. The number of carboxylic acid groups (broad SMARTS) is 1. The second kappa shape index (κ2) is 10.4. The fourth-order valence-corrected chi connectivity index (χ4v) is 4.57. The number of hydrogen-bond donors (Lipinski definition) is 2. The van der Waals surface area contributed by atoms with E-state index in [9.17, 15) is 9.90 Å². The SMILES string of the molecule is CCCCCCCCc1c(I)c(I)c(I)c(O)c1OC(=O)O. The maximum atomic E-state index is 10.9. The first kappa shape index (κ1) is 20.5. The van der Waals surface area contributed by atoms with E-state index in [2.05, 4.69) is 52.1 Å². The molecule has 0 amide bonds. The van der Waals surface area contributed by atoms with Crippen molar-refractivity contribution in [2.75, 3.05) is 0 Å². The zero-order valence-corrected chi connectivity index (χ0v) is 18.8. The Hall–Kier alpha value is 0.480. The third kappa shape index (κ3) is 5.84. The Bertz CT molecular complexity index is 532. The maximum absolute atomic E-state index is 10.9. The number of rotatable bonds is 8. The van der Waals surface area contributed by atoms with E-state index in [0.717, 1.165) is 25.5 Å². The summed E-state index contributed by atoms with van der Waals surface area (Å²) in [4.78, 5) is 10.9. The van der Waals surface area contributed by atoms with Gasteiger partial charge in [0.2, 0.25) is 0 Å². The van der Waals surface area contributed by atoms with Gasteiger partial charge in [-0.05, 0) is 80.6 Å². The van der Waals surface area contributed by atoms with E-state index in [-0.39, 0.29) is 11.5 Å². The summed E-state index contributed by atoms with van der Waals surface area (Å²) < 4.78 is 7.38. The van der Waals surface area contributed by atoms with Gasteiger partial charge in [0, 0.05) is 12.7 Å². The lowest BCUT2D eigenvalue weighted by Crippen LogP contribution is -2.09. The van der Waals surface area contributed by atoms with Crippen molar-refractivity contribution in [3.05, 3.63) is 16.3 Å². The van der Waals surface area contributed by atoms with Gasteiger partial charge in [-0.15, -0.1) is 0 Å². The lowest BCUT2D eigenvalue weighted by Gasteiger charge is -2.15. The highest BCUT2D eigenvalue weighted by Crippen LogP contribution is 2.42. The van der Waals surface area contributed by atoms with Crippen LogP contribution in [0.4, 0.5) is 4.79 Å². The van der Waals surface area contributed by atoms with Crippen LogP contribution in [0.3, 0.4) is 0 Å². The number of hydrogen-bond acceptors (Lipinski definition) is 3. The van der Waals surface area contributed by atoms with Crippen LogP contribution in [0.25, 0.3) is 0 Å². The molecule has 1 aromatic rings. The Labute approximate surface area is 171 Å². The van der Waals surface area contributed by atoms with E-state index in [0.29, 0.717) is 9.99 Å². The van der Waals surface area contributed by atoms with E-state index in [1.165, 1.54) is 25.7 Å². The largest absolute Gasteiger partial charge is 0.511 e. The summed E-state index contributed by atoms with van der Waals surface area (Å²) in [7, 11) is 0. The van der Waals surface area contributed by atoms with Gasteiger partial charge < -0.3 is 14.9 Å². The lowest BCUT2D eigenvalue weighted by atomic mass is 10.0. The zero-order chi connectivity index (χ0) is 16.7. The van der Waals surface area contributed by atoms with E-state index >= 15 is 0 Å². The zero-order valence-electron chi connectivity index (χ0n) is 12.3. The number of carbonyl (C=O) groups is 1. The molecule has 0 heterocycles. The highest BCUT2D eigenvalue weighted by Gasteiger charge is 2.22. The van der Waals surface area contributed by atoms with Gasteiger partial charge in [-0.3, -0.25) is 0 Å². The monoisotopic (exact) mass is 644 g/mol. The van der Waals surface area contributed by atoms with Crippen molar-refractivity contribution in [1.29, 1.82) is 0 Å². The number of benzene rings is 1. The number of ether oxygens (including phenoxy) is 1. The topological polar surface area (TPSA) is 66.8 Å². The third-order valence-corrected chi connectivity index (χ3v) is 8.70. The third-order valence-electron chi connectivity index (χ3n) is 3.32. The van der Waals surface area contributed by atoms with Crippen LogP contribution < -0.4 is 4.74 Å². The molecule has 0 fully saturated rings. The molecule has 0 saturated heterocycles. The minimum Gasteiger partial charge on any atom is -0.503 e. The number of halogens is 3. The molecule has 124 valence electrons. The molecule has 1 rings (SSSR count). The molecule has 0 aromatic heterocycles. The summed E-state index contributed by atoms with van der Waals surface area (Å²) in [6, 6.07) is 0. The minimum absolute atomic E-state index is 0.0752. The van der Waals surface area contributed by atoms with Gasteiger partial charge in [0.05, 0.1) is 3.57 Å². The standard InChI is InChI=1S/C15H19I3O4/c1-2-3-4-5-6-7-8-9-10(16)11(17)12(18)13(19)14(9)22-15(20)21/h19H,2-8H2,1H3,(H,20,21). The first-order valence-electron chi connectivity index (χ1n) is 7.19. The second-order valence-corrected chi connectivity index (χ2v) is 8.22. The normalized spacial score (nSPS) is 10.7. The van der Waals surface area contributed by atoms with Crippen LogP contribution in [0, 0.1) is 10.7 Å². The van der Waals surface area contributed by atoms with Gasteiger partial charge in [-0.25, -0.2) is 4.79 Å². The summed E-state index contributed by atoms with van der Waals surface area (Å²) in [5, 5.41) is 19.1. The quantitative estimate of drug-likeness (QED) is 0.117. The molecule has 1 aromatic carbocycles. The summed E-state index contributed by atoms with van der Waals surface area (Å²) >= 11 is 6.38. The highest BCUT2D eigenvalue weighted by molar-refractivity contribution is 14.1. The van der Waals surface area contributed by atoms with Crippen molar-refractivity contribution >= 4 is 73.9 Å². The van der Waals surface area contributed by atoms with Gasteiger partial charge >= 0.3 is 6.16 Å². The molecular weight excluding hydrogens is 625 g/mol. The van der Waals surface area contributed by atoms with E-state index < -0.39 is 6.16 Å². The molecule has 0 saturated carbocycles. The molecule has 0 aliphatic rings. The van der Waals surface area contributed by atoms with Crippen LogP contribution in [0.15, 0.2) is 0 Å². The van der Waals surface area contributed by atoms with Crippen LogP contribution in [-0.4, -0.2) is 16.4 Å². The van der Waals surface area contributed by atoms with Crippen molar-refractivity contribution in [2.45, 2.75) is 51.9 Å². The number of unbranched alkanes of at least 4 members (excludes halogenated alkanes) is 5. The molecule has 0 bridgehead atoms. The Balaban J connectivity index is 2.89. The van der Waals surface area contributed by atoms with Crippen molar-refractivity contribution in [1.82, 2.24) is 0 Å². The average molecular weight is 644 g/mol. The molecule has 0 aliphatic heterocycles. The lowest BCUT2D eigenvalue weighted by molar-refractivity contribution is 0.142. The van der Waals surface area contributed by atoms with Crippen molar-refractivity contribution in [3.63, 3.8) is 0 Å². The van der Waals surface area contributed by atoms with E-state index in [4.69, 9.17) is 9.84 Å². The van der Waals surface area contributed by atoms with Gasteiger partial charge in [0.1, 0.15) is 0 Å². The van der Waals surface area contributed by atoms with Gasteiger partial charge in [-0.1, -0.05) is 39.0 Å². The van der Waals surface area contributed by atoms with Gasteiger partial charge in [0.25, 0.3) is 0 Å². The molecule has 22 heavy (non-hydrogen) atoms. The van der Waals surface area contributed by atoms with Crippen molar-refractivity contribution < 1.29 is 19.7 Å².